The molecular weight excluding hydrogens is 450 g/mol. The molecule has 184 valence electrons. The van der Waals surface area contributed by atoms with Crippen LogP contribution in [0.4, 0.5) is 0 Å². The highest BCUT2D eigenvalue weighted by atomic mass is 32.2. The first-order valence-corrected chi connectivity index (χ1v) is 13.7. The molecule has 1 amide bonds. The second kappa shape index (κ2) is 10.0. The molecule has 2 aliphatic rings. The third kappa shape index (κ3) is 4.84. The fraction of sp³-hybridized carbons (Fsp3) is 0.538. The maximum Gasteiger partial charge on any atom is 0.259 e. The average Bonchev–Trinajstić information content (AvgIpc) is 3.10. The molecule has 34 heavy (non-hydrogen) atoms. The smallest absolute Gasteiger partial charge is 0.259 e. The van der Waals surface area contributed by atoms with E-state index in [2.05, 4.69) is 20.4 Å². The van der Waals surface area contributed by atoms with Gasteiger partial charge in [0.2, 0.25) is 15.5 Å². The summed E-state index contributed by atoms with van der Waals surface area (Å²) in [5, 5.41) is 0.252. The summed E-state index contributed by atoms with van der Waals surface area (Å²) >= 11 is 0. The van der Waals surface area contributed by atoms with Crippen LogP contribution in [0.3, 0.4) is 0 Å². The summed E-state index contributed by atoms with van der Waals surface area (Å²) in [5.74, 6) is 0.451. The van der Waals surface area contributed by atoms with Gasteiger partial charge in [0.15, 0.2) is 0 Å². The van der Waals surface area contributed by atoms with Gasteiger partial charge in [-0.3, -0.25) is 9.59 Å². The van der Waals surface area contributed by atoms with E-state index < -0.39 is 15.5 Å². The summed E-state index contributed by atoms with van der Waals surface area (Å²) < 4.78 is 30.1. The molecule has 3 heterocycles. The predicted molar refractivity (Wildman–Crippen MR) is 134 cm³/mol. The zero-order valence-corrected chi connectivity index (χ0v) is 21.0. The Balaban J connectivity index is 1.81. The van der Waals surface area contributed by atoms with Crippen LogP contribution < -0.4 is 5.43 Å². The van der Waals surface area contributed by atoms with Crippen LogP contribution >= 0.6 is 0 Å². The number of fused-ring (bicyclic) bond motifs is 1. The number of rotatable bonds is 5. The molecule has 2 atom stereocenters. The lowest BCUT2D eigenvalue weighted by Gasteiger charge is -2.35. The van der Waals surface area contributed by atoms with Gasteiger partial charge in [0.1, 0.15) is 5.56 Å². The highest BCUT2D eigenvalue weighted by Gasteiger charge is 2.29. The Kier molecular flexibility index (Phi) is 7.28. The van der Waals surface area contributed by atoms with E-state index >= 15 is 0 Å². The maximum absolute atomic E-state index is 13.5. The van der Waals surface area contributed by atoms with E-state index in [1.807, 2.05) is 0 Å². The third-order valence-electron chi connectivity index (χ3n) is 6.97. The number of pyridine rings is 1. The summed E-state index contributed by atoms with van der Waals surface area (Å²) in [7, 11) is -3.72. The van der Waals surface area contributed by atoms with Crippen molar-refractivity contribution >= 4 is 26.8 Å². The molecule has 8 heteroatoms. The number of aromatic nitrogens is 1. The Hall–Kier alpha value is -2.45. The summed E-state index contributed by atoms with van der Waals surface area (Å²) in [6.45, 7) is 10.7. The second-order valence-corrected chi connectivity index (χ2v) is 11.9. The molecule has 0 bridgehead atoms. The maximum atomic E-state index is 13.5. The number of carbonyl (C=O) groups is 1. The number of amides is 1. The number of hydrogen-bond acceptors (Lipinski definition) is 4. The molecule has 0 aliphatic carbocycles. The van der Waals surface area contributed by atoms with E-state index in [4.69, 9.17) is 0 Å². The Bertz CT molecular complexity index is 1230. The van der Waals surface area contributed by atoms with Crippen LogP contribution in [-0.2, 0) is 16.6 Å². The minimum Gasteiger partial charge on any atom is -0.343 e. The first kappa shape index (κ1) is 24.7. The average molecular weight is 486 g/mol. The van der Waals surface area contributed by atoms with E-state index in [0.29, 0.717) is 50.1 Å². The van der Waals surface area contributed by atoms with Gasteiger partial charge in [0, 0.05) is 44.3 Å². The van der Waals surface area contributed by atoms with Crippen LogP contribution in [0.1, 0.15) is 56.3 Å². The van der Waals surface area contributed by atoms with Crippen molar-refractivity contribution in [1.82, 2.24) is 13.8 Å². The van der Waals surface area contributed by atoms with E-state index in [1.54, 1.807) is 33.9 Å². The number of carbonyl (C=O) groups excluding carboxylic acids is 1. The lowest BCUT2D eigenvalue weighted by Crippen LogP contribution is -2.44. The molecule has 0 N–H and O–H groups in total. The van der Waals surface area contributed by atoms with E-state index in [9.17, 15) is 18.0 Å². The first-order valence-electron chi connectivity index (χ1n) is 12.3. The number of nitrogens with zero attached hydrogens (tertiary/aromatic N) is 3. The van der Waals surface area contributed by atoms with Crippen LogP contribution in [-0.4, -0.2) is 54.3 Å². The lowest BCUT2D eigenvalue weighted by atomic mass is 9.91. The van der Waals surface area contributed by atoms with Gasteiger partial charge in [-0.15, -0.1) is 6.58 Å². The normalized spacial score (nSPS) is 22.5. The topological polar surface area (TPSA) is 79.7 Å². The van der Waals surface area contributed by atoms with Gasteiger partial charge in [-0.2, -0.15) is 4.31 Å². The predicted octanol–water partition coefficient (Wildman–Crippen LogP) is 3.87. The van der Waals surface area contributed by atoms with E-state index in [1.165, 1.54) is 10.4 Å². The van der Waals surface area contributed by atoms with Crippen molar-refractivity contribution in [3.8, 4) is 0 Å². The number of piperidine rings is 1. The van der Waals surface area contributed by atoms with Gasteiger partial charge in [0.25, 0.3) is 5.91 Å². The first-order chi connectivity index (χ1) is 16.2. The van der Waals surface area contributed by atoms with Crippen molar-refractivity contribution in [3.05, 3.63) is 52.8 Å². The molecule has 2 saturated heterocycles. The Morgan fingerprint density at radius 3 is 2.35 bits per heavy atom. The van der Waals surface area contributed by atoms with Crippen LogP contribution in [0.15, 0.2) is 46.7 Å². The Labute approximate surface area is 202 Å². The minimum absolute atomic E-state index is 0.0833. The SMILES string of the molecule is C=CCn1cc(C(=O)N2C[C@H](C)C[C@@H](C)C2)c(=O)c2cc(S(=O)(=O)N3CCCCCC3)ccc21. The fourth-order valence-corrected chi connectivity index (χ4v) is 6.95. The highest BCUT2D eigenvalue weighted by molar-refractivity contribution is 7.89. The monoisotopic (exact) mass is 485 g/mol. The lowest BCUT2D eigenvalue weighted by molar-refractivity contribution is 0.0621. The molecule has 1 aromatic heterocycles. The van der Waals surface area contributed by atoms with E-state index in [0.717, 1.165) is 32.1 Å². The second-order valence-electron chi connectivity index (χ2n) is 9.97. The molecule has 2 aromatic rings. The quantitative estimate of drug-likeness (QED) is 0.602. The van der Waals surface area contributed by atoms with Gasteiger partial charge >= 0.3 is 0 Å². The van der Waals surface area contributed by atoms with Crippen molar-refractivity contribution in [2.24, 2.45) is 11.8 Å². The molecule has 7 nitrogen and oxygen atoms in total. The van der Waals surface area contributed by atoms with Gasteiger partial charge in [-0.05, 0) is 49.3 Å². The van der Waals surface area contributed by atoms with Crippen LogP contribution in [0.5, 0.6) is 0 Å². The fourth-order valence-electron chi connectivity index (χ4n) is 5.41. The Morgan fingerprint density at radius 1 is 1.09 bits per heavy atom. The molecule has 0 radical (unpaired) electrons. The molecule has 0 unspecified atom stereocenters. The molecule has 2 aliphatic heterocycles. The molecule has 1 aromatic carbocycles. The van der Waals surface area contributed by atoms with Gasteiger partial charge in [-0.1, -0.05) is 32.8 Å². The summed E-state index contributed by atoms with van der Waals surface area (Å²) in [6, 6.07) is 4.69. The van der Waals surface area contributed by atoms with Crippen LogP contribution in [0, 0.1) is 11.8 Å². The standard InChI is InChI=1S/C26H35N3O4S/c1-4-11-27-18-23(26(31)28-16-19(2)14-20(3)17-28)25(30)22-15-21(9-10-24(22)27)34(32,33)29-12-7-5-6-8-13-29/h4,9-10,15,18-20H,1,5-8,11-14,16-17H2,2-3H3/t19-,20-/m1/s1. The number of allylic oxidation sites excluding steroid dienone is 1. The number of likely N-dealkylation sites (tertiary alicyclic amines) is 1. The molecule has 2 fully saturated rings. The van der Waals surface area contributed by atoms with Crippen molar-refractivity contribution in [1.29, 1.82) is 0 Å². The third-order valence-corrected chi connectivity index (χ3v) is 8.86. The molecular formula is C26H35N3O4S. The number of sulfonamides is 1. The molecule has 4 rings (SSSR count). The van der Waals surface area contributed by atoms with Gasteiger partial charge in [0.05, 0.1) is 10.4 Å². The summed E-state index contributed by atoms with van der Waals surface area (Å²) in [4.78, 5) is 28.9. The number of benzene rings is 1. The van der Waals surface area contributed by atoms with Crippen molar-refractivity contribution < 1.29 is 13.2 Å². The molecule has 0 saturated carbocycles. The summed E-state index contributed by atoms with van der Waals surface area (Å²) in [6.07, 6.45) is 8.07. The van der Waals surface area contributed by atoms with Gasteiger partial charge < -0.3 is 9.47 Å². The highest BCUT2D eigenvalue weighted by Crippen LogP contribution is 2.25. The Morgan fingerprint density at radius 2 is 1.74 bits per heavy atom. The van der Waals surface area contributed by atoms with Crippen LogP contribution in [0.2, 0.25) is 0 Å². The van der Waals surface area contributed by atoms with E-state index in [-0.39, 0.29) is 21.8 Å². The molecule has 0 spiro atoms. The van der Waals surface area contributed by atoms with Crippen molar-refractivity contribution in [2.45, 2.75) is 57.4 Å². The minimum atomic E-state index is -3.72. The zero-order chi connectivity index (χ0) is 24.5. The van der Waals surface area contributed by atoms with Gasteiger partial charge in [-0.25, -0.2) is 8.42 Å². The zero-order valence-electron chi connectivity index (χ0n) is 20.2. The van der Waals surface area contributed by atoms with Crippen molar-refractivity contribution in [3.63, 3.8) is 0 Å². The van der Waals surface area contributed by atoms with Crippen LogP contribution in [0.25, 0.3) is 10.9 Å². The largest absolute Gasteiger partial charge is 0.343 e. The summed E-state index contributed by atoms with van der Waals surface area (Å²) in [5.41, 5.74) is 0.260. The van der Waals surface area contributed by atoms with Crippen molar-refractivity contribution in [2.75, 3.05) is 26.2 Å². The number of hydrogen-bond donors (Lipinski definition) is 0.